The summed E-state index contributed by atoms with van der Waals surface area (Å²) < 4.78 is 0. The van der Waals surface area contributed by atoms with Gasteiger partial charge in [-0.25, -0.2) is 0 Å². The standard InChI is InChI=1S/C18H28N2O/c1-14(2)12-15-7-9-16(10-8-15)17(19)13-20-11-5-3-4-6-18(20)21/h7-10,14,17H,3-6,11-13,19H2,1-2H3. The Morgan fingerprint density at radius 2 is 1.86 bits per heavy atom. The summed E-state index contributed by atoms with van der Waals surface area (Å²) >= 11 is 0. The molecule has 1 amide bonds. The summed E-state index contributed by atoms with van der Waals surface area (Å²) in [4.78, 5) is 14.0. The van der Waals surface area contributed by atoms with E-state index in [1.165, 1.54) is 5.56 Å². The average Bonchev–Trinajstić information content (AvgIpc) is 2.64. The van der Waals surface area contributed by atoms with Crippen molar-refractivity contribution in [1.29, 1.82) is 0 Å². The van der Waals surface area contributed by atoms with Crippen LogP contribution in [0.4, 0.5) is 0 Å². The van der Waals surface area contributed by atoms with Crippen LogP contribution in [0.15, 0.2) is 24.3 Å². The molecule has 0 bridgehead atoms. The molecular weight excluding hydrogens is 260 g/mol. The summed E-state index contributed by atoms with van der Waals surface area (Å²) in [5.74, 6) is 0.929. The van der Waals surface area contributed by atoms with Crippen LogP contribution in [0, 0.1) is 5.92 Å². The molecule has 1 atom stereocenters. The SMILES string of the molecule is CC(C)Cc1ccc(C(N)CN2CCCCCC2=O)cc1. The van der Waals surface area contributed by atoms with Crippen molar-refractivity contribution in [2.45, 2.75) is 52.0 Å². The molecule has 3 nitrogen and oxygen atoms in total. The minimum absolute atomic E-state index is 0.0832. The van der Waals surface area contributed by atoms with E-state index >= 15 is 0 Å². The van der Waals surface area contributed by atoms with Crippen molar-refractivity contribution in [2.24, 2.45) is 11.7 Å². The van der Waals surface area contributed by atoms with E-state index in [0.717, 1.165) is 37.8 Å². The van der Waals surface area contributed by atoms with Gasteiger partial charge in [0.25, 0.3) is 0 Å². The normalized spacial score (nSPS) is 17.9. The van der Waals surface area contributed by atoms with Gasteiger partial charge in [-0.1, -0.05) is 44.5 Å². The second-order valence-corrected chi connectivity index (χ2v) is 6.60. The van der Waals surface area contributed by atoms with Gasteiger partial charge >= 0.3 is 0 Å². The summed E-state index contributed by atoms with van der Waals surface area (Å²) in [5, 5.41) is 0. The second-order valence-electron chi connectivity index (χ2n) is 6.60. The molecule has 3 heteroatoms. The van der Waals surface area contributed by atoms with Gasteiger partial charge in [0.2, 0.25) is 5.91 Å². The third-order valence-corrected chi connectivity index (χ3v) is 4.14. The van der Waals surface area contributed by atoms with E-state index < -0.39 is 0 Å². The van der Waals surface area contributed by atoms with Gasteiger partial charge in [0.1, 0.15) is 0 Å². The molecule has 1 heterocycles. The molecular formula is C18H28N2O. The van der Waals surface area contributed by atoms with Crippen molar-refractivity contribution in [3.05, 3.63) is 35.4 Å². The van der Waals surface area contributed by atoms with E-state index in [4.69, 9.17) is 5.73 Å². The van der Waals surface area contributed by atoms with Crippen molar-refractivity contribution in [2.75, 3.05) is 13.1 Å². The van der Waals surface area contributed by atoms with Crippen LogP contribution in [0.1, 0.15) is 56.7 Å². The van der Waals surface area contributed by atoms with Crippen molar-refractivity contribution < 1.29 is 4.79 Å². The molecule has 1 aliphatic heterocycles. The number of hydrogen-bond donors (Lipinski definition) is 1. The molecule has 0 radical (unpaired) electrons. The fourth-order valence-electron chi connectivity index (χ4n) is 2.95. The molecule has 21 heavy (non-hydrogen) atoms. The number of rotatable bonds is 5. The molecule has 1 aromatic rings. The van der Waals surface area contributed by atoms with E-state index in [2.05, 4.69) is 38.1 Å². The molecule has 1 unspecified atom stereocenters. The topological polar surface area (TPSA) is 46.3 Å². The first-order chi connectivity index (χ1) is 10.1. The van der Waals surface area contributed by atoms with Gasteiger partial charge in [-0.2, -0.15) is 0 Å². The molecule has 0 saturated carbocycles. The molecule has 1 aromatic carbocycles. The van der Waals surface area contributed by atoms with Gasteiger partial charge in [0.15, 0.2) is 0 Å². The second kappa shape index (κ2) is 7.60. The lowest BCUT2D eigenvalue weighted by Crippen LogP contribution is -2.36. The van der Waals surface area contributed by atoms with Gasteiger partial charge in [-0.15, -0.1) is 0 Å². The zero-order valence-corrected chi connectivity index (χ0v) is 13.3. The summed E-state index contributed by atoms with van der Waals surface area (Å²) in [6, 6.07) is 8.48. The van der Waals surface area contributed by atoms with Crippen LogP contribution in [0.5, 0.6) is 0 Å². The number of hydrogen-bond acceptors (Lipinski definition) is 2. The first-order valence-corrected chi connectivity index (χ1v) is 8.18. The summed E-state index contributed by atoms with van der Waals surface area (Å²) in [5.41, 5.74) is 8.77. The van der Waals surface area contributed by atoms with Crippen molar-refractivity contribution in [3.8, 4) is 0 Å². The highest BCUT2D eigenvalue weighted by Crippen LogP contribution is 2.18. The number of carbonyl (C=O) groups is 1. The van der Waals surface area contributed by atoms with Crippen LogP contribution < -0.4 is 5.73 Å². The Labute approximate surface area is 128 Å². The molecule has 0 aliphatic carbocycles. The molecule has 2 rings (SSSR count). The first-order valence-electron chi connectivity index (χ1n) is 8.18. The Balaban J connectivity index is 1.95. The highest BCUT2D eigenvalue weighted by molar-refractivity contribution is 5.76. The first kappa shape index (κ1) is 16.0. The van der Waals surface area contributed by atoms with Gasteiger partial charge in [0.05, 0.1) is 0 Å². The maximum Gasteiger partial charge on any atom is 0.222 e. The Morgan fingerprint density at radius 3 is 2.52 bits per heavy atom. The number of nitrogens with two attached hydrogens (primary N) is 1. The van der Waals surface area contributed by atoms with Crippen LogP contribution in [0.3, 0.4) is 0 Å². The van der Waals surface area contributed by atoms with Crippen LogP contribution in [0.25, 0.3) is 0 Å². The molecule has 116 valence electrons. The Hall–Kier alpha value is -1.35. The van der Waals surface area contributed by atoms with Crippen LogP contribution >= 0.6 is 0 Å². The number of nitrogens with zero attached hydrogens (tertiary/aromatic N) is 1. The minimum atomic E-state index is -0.0832. The van der Waals surface area contributed by atoms with E-state index in [0.29, 0.717) is 18.9 Å². The average molecular weight is 288 g/mol. The van der Waals surface area contributed by atoms with E-state index in [-0.39, 0.29) is 11.9 Å². The lowest BCUT2D eigenvalue weighted by molar-refractivity contribution is -0.130. The quantitative estimate of drug-likeness (QED) is 0.903. The fraction of sp³-hybridized carbons (Fsp3) is 0.611. The molecule has 1 fully saturated rings. The molecule has 2 N–H and O–H groups in total. The molecule has 1 saturated heterocycles. The fourth-order valence-corrected chi connectivity index (χ4v) is 2.95. The Kier molecular flexibility index (Phi) is 5.80. The van der Waals surface area contributed by atoms with Crippen molar-refractivity contribution >= 4 is 5.91 Å². The number of amides is 1. The minimum Gasteiger partial charge on any atom is -0.341 e. The number of benzene rings is 1. The molecule has 0 spiro atoms. The Bertz CT molecular complexity index is 453. The number of carbonyl (C=O) groups excluding carboxylic acids is 1. The van der Waals surface area contributed by atoms with Gasteiger partial charge in [-0.3, -0.25) is 4.79 Å². The van der Waals surface area contributed by atoms with E-state index in [9.17, 15) is 4.79 Å². The van der Waals surface area contributed by atoms with E-state index in [1.54, 1.807) is 0 Å². The highest BCUT2D eigenvalue weighted by Gasteiger charge is 2.19. The maximum atomic E-state index is 12.0. The molecule has 0 aromatic heterocycles. The lowest BCUT2D eigenvalue weighted by atomic mass is 9.99. The van der Waals surface area contributed by atoms with Crippen molar-refractivity contribution in [1.82, 2.24) is 4.90 Å². The van der Waals surface area contributed by atoms with Gasteiger partial charge in [-0.05, 0) is 36.3 Å². The largest absolute Gasteiger partial charge is 0.341 e. The summed E-state index contributed by atoms with van der Waals surface area (Å²) in [6.45, 7) is 5.95. The monoisotopic (exact) mass is 288 g/mol. The Morgan fingerprint density at radius 1 is 1.14 bits per heavy atom. The predicted octanol–water partition coefficient (Wildman–Crippen LogP) is 3.29. The number of likely N-dealkylation sites (tertiary alicyclic amines) is 1. The predicted molar refractivity (Wildman–Crippen MR) is 87.0 cm³/mol. The van der Waals surface area contributed by atoms with Gasteiger partial charge < -0.3 is 10.6 Å². The summed E-state index contributed by atoms with van der Waals surface area (Å²) in [6.07, 6.45) is 5.06. The van der Waals surface area contributed by atoms with Crippen LogP contribution in [-0.4, -0.2) is 23.9 Å². The maximum absolute atomic E-state index is 12.0. The smallest absolute Gasteiger partial charge is 0.222 e. The lowest BCUT2D eigenvalue weighted by Gasteiger charge is -2.24. The van der Waals surface area contributed by atoms with Crippen LogP contribution in [-0.2, 0) is 11.2 Å². The van der Waals surface area contributed by atoms with Crippen molar-refractivity contribution in [3.63, 3.8) is 0 Å². The van der Waals surface area contributed by atoms with Gasteiger partial charge in [0, 0.05) is 25.6 Å². The molecule has 1 aliphatic rings. The van der Waals surface area contributed by atoms with Crippen LogP contribution in [0.2, 0.25) is 0 Å². The van der Waals surface area contributed by atoms with E-state index in [1.807, 2.05) is 4.90 Å². The summed E-state index contributed by atoms with van der Waals surface area (Å²) in [7, 11) is 0. The highest BCUT2D eigenvalue weighted by atomic mass is 16.2. The third-order valence-electron chi connectivity index (χ3n) is 4.14. The zero-order valence-electron chi connectivity index (χ0n) is 13.3. The zero-order chi connectivity index (χ0) is 15.2. The third kappa shape index (κ3) is 4.85.